The molecule has 9 heteroatoms. The number of nitrogens with one attached hydrogen (secondary N) is 1. The van der Waals surface area contributed by atoms with Crippen molar-refractivity contribution in [2.45, 2.75) is 88.2 Å². The Morgan fingerprint density at radius 1 is 0.882 bits per heavy atom. The highest BCUT2D eigenvalue weighted by Crippen LogP contribution is 2.63. The number of rotatable bonds is 13. The number of hydrogen-bond donors (Lipinski definition) is 3. The Hall–Kier alpha value is -4.70. The van der Waals surface area contributed by atoms with Gasteiger partial charge in [0.05, 0.1) is 18.2 Å². The average molecular weight is 688 g/mol. The van der Waals surface area contributed by atoms with Gasteiger partial charge in [-0.25, -0.2) is 4.79 Å². The van der Waals surface area contributed by atoms with Crippen molar-refractivity contribution in [2.24, 2.45) is 5.73 Å². The van der Waals surface area contributed by atoms with Crippen LogP contribution in [0.25, 0.3) is 0 Å². The third-order valence-corrected chi connectivity index (χ3v) is 10.6. The number of nitrogens with zero attached hydrogens (tertiary/aromatic N) is 2. The van der Waals surface area contributed by atoms with E-state index in [2.05, 4.69) is 53.4 Å². The molecule has 266 valence electrons. The van der Waals surface area contributed by atoms with Crippen molar-refractivity contribution in [3.05, 3.63) is 137 Å². The summed E-state index contributed by atoms with van der Waals surface area (Å²) in [4.78, 5) is 19.5. The first-order valence-corrected chi connectivity index (χ1v) is 18.0. The Morgan fingerprint density at radius 2 is 1.55 bits per heavy atom. The molecule has 1 spiro atoms. The molecule has 1 unspecified atom stereocenters. The Labute approximate surface area is 301 Å². The summed E-state index contributed by atoms with van der Waals surface area (Å²) in [5.41, 5.74) is 16.7. The molecule has 1 aliphatic carbocycles. The van der Waals surface area contributed by atoms with E-state index in [0.717, 1.165) is 36.0 Å². The third kappa shape index (κ3) is 7.24. The van der Waals surface area contributed by atoms with E-state index in [1.807, 2.05) is 73.3 Å². The maximum Gasteiger partial charge on any atom is 0.321 e. The van der Waals surface area contributed by atoms with Crippen LogP contribution >= 0.6 is 0 Å². The molecule has 51 heavy (non-hydrogen) atoms. The van der Waals surface area contributed by atoms with Crippen LogP contribution in [0.5, 0.6) is 0 Å². The monoisotopic (exact) mass is 687 g/mol. The van der Waals surface area contributed by atoms with Crippen LogP contribution < -0.4 is 11.5 Å². The number of anilines is 1. The van der Waals surface area contributed by atoms with Crippen LogP contribution in [-0.2, 0) is 33.8 Å². The summed E-state index contributed by atoms with van der Waals surface area (Å²) in [6.07, 6.45) is 2.23. The maximum atomic E-state index is 15.4. The molecule has 5 atom stereocenters. The van der Waals surface area contributed by atoms with E-state index in [1.54, 1.807) is 6.07 Å². The summed E-state index contributed by atoms with van der Waals surface area (Å²) in [6.45, 7) is 5.98. The number of nitrogen functional groups attached to an aromatic ring is 2. The average Bonchev–Trinajstić information content (AvgIpc) is 3.80. The van der Waals surface area contributed by atoms with Gasteiger partial charge in [-0.1, -0.05) is 97.1 Å². The number of nitrogens with two attached hydrogens (primary N) is 2. The normalized spacial score (nSPS) is 25.1. The quantitative estimate of drug-likeness (QED) is 0.0611. The minimum absolute atomic E-state index is 0.0415. The van der Waals surface area contributed by atoms with Gasteiger partial charge in [0.15, 0.2) is 5.79 Å². The van der Waals surface area contributed by atoms with Crippen molar-refractivity contribution in [1.82, 2.24) is 9.80 Å². The lowest BCUT2D eigenvalue weighted by molar-refractivity contribution is -0.159. The minimum Gasteiger partial charge on any atom is -0.398 e. The van der Waals surface area contributed by atoms with Crippen molar-refractivity contribution in [3.63, 3.8) is 0 Å². The fourth-order valence-electron chi connectivity index (χ4n) is 8.18. The number of fused-ring (bicyclic) bond motifs is 2. The van der Waals surface area contributed by atoms with Gasteiger partial charge < -0.3 is 35.5 Å². The summed E-state index contributed by atoms with van der Waals surface area (Å²) in [5, 5.41) is 8.13. The third-order valence-electron chi connectivity index (χ3n) is 10.6. The van der Waals surface area contributed by atoms with Crippen molar-refractivity contribution in [3.8, 4) is 0 Å². The number of urea groups is 1. The summed E-state index contributed by atoms with van der Waals surface area (Å²) in [5.74, 6) is -0.849. The van der Waals surface area contributed by atoms with E-state index < -0.39 is 17.4 Å². The van der Waals surface area contributed by atoms with Crippen LogP contribution in [0.2, 0.25) is 0 Å². The second-order valence-corrected chi connectivity index (χ2v) is 14.6. The SMILES string of the molecule is CC1(C)O[C@H]2[C@@H](Cc3ccccc3)N(Cc3ccc(N)c(C(=N)N)c3)C(=O)N(CCCCOCc3ccccc3)C3(C[C@@H]3c3ccccc3)[C@@H]2O1. The van der Waals surface area contributed by atoms with Gasteiger partial charge in [-0.15, -0.1) is 0 Å². The summed E-state index contributed by atoms with van der Waals surface area (Å²) < 4.78 is 19.9. The predicted molar refractivity (Wildman–Crippen MR) is 199 cm³/mol. The Kier molecular flexibility index (Phi) is 9.88. The fourth-order valence-corrected chi connectivity index (χ4v) is 8.18. The molecule has 4 aromatic rings. The number of carbonyl (C=O) groups excluding carboxylic acids is 1. The van der Waals surface area contributed by atoms with Gasteiger partial charge in [0.2, 0.25) is 0 Å². The van der Waals surface area contributed by atoms with Crippen LogP contribution in [0.4, 0.5) is 10.5 Å². The molecule has 9 nitrogen and oxygen atoms in total. The first kappa shape index (κ1) is 34.7. The molecule has 3 aliphatic rings. The zero-order chi connectivity index (χ0) is 35.6. The summed E-state index contributed by atoms with van der Waals surface area (Å²) in [6, 6.07) is 36.1. The molecule has 0 aromatic heterocycles. The second kappa shape index (κ2) is 14.5. The standard InChI is InChI=1S/C42H49N5O4/c1-41(2)50-37-36(25-29-14-6-3-7-15-29)46(27-31-20-21-35(43)33(24-31)39(44)45)40(48)47(22-12-13-23-49-28-30-16-8-4-9-17-30)42(38(37)51-41)26-34(42)32-18-10-5-11-19-32/h3-11,14-21,24,34,36-38H,12-13,22-23,25-28,43H2,1-2H3,(H3,44,45)/t34-,36-,37+,38-,42?/m1/s1. The molecular weight excluding hydrogens is 638 g/mol. The fraction of sp³-hybridized carbons (Fsp3) is 0.381. The van der Waals surface area contributed by atoms with Gasteiger partial charge in [-0.2, -0.15) is 0 Å². The molecule has 4 aromatic carbocycles. The maximum absolute atomic E-state index is 15.4. The van der Waals surface area contributed by atoms with Crippen LogP contribution in [0.3, 0.4) is 0 Å². The number of ether oxygens (including phenoxy) is 3. The molecule has 1 saturated carbocycles. The van der Waals surface area contributed by atoms with Crippen LogP contribution in [-0.4, -0.2) is 64.4 Å². The van der Waals surface area contributed by atoms with Gasteiger partial charge in [-0.05, 0) is 73.9 Å². The Balaban J connectivity index is 1.26. The highest BCUT2D eigenvalue weighted by molar-refractivity contribution is 6.00. The molecule has 2 saturated heterocycles. The molecule has 3 fully saturated rings. The Bertz CT molecular complexity index is 1820. The van der Waals surface area contributed by atoms with Crippen molar-refractivity contribution < 1.29 is 19.0 Å². The number of unbranched alkanes of at least 4 members (excludes halogenated alkanes) is 1. The molecular formula is C42H49N5O4. The lowest BCUT2D eigenvalue weighted by Gasteiger charge is -2.38. The molecule has 2 amide bonds. The first-order valence-electron chi connectivity index (χ1n) is 18.0. The highest BCUT2D eigenvalue weighted by Gasteiger charge is 2.72. The smallest absolute Gasteiger partial charge is 0.321 e. The molecule has 0 bridgehead atoms. The lowest BCUT2D eigenvalue weighted by Crippen LogP contribution is -2.53. The number of amidine groups is 1. The van der Waals surface area contributed by atoms with Crippen LogP contribution in [0, 0.1) is 5.41 Å². The molecule has 5 N–H and O–H groups in total. The summed E-state index contributed by atoms with van der Waals surface area (Å²) >= 11 is 0. The molecule has 0 radical (unpaired) electrons. The van der Waals surface area contributed by atoms with E-state index in [1.165, 1.54) is 5.56 Å². The van der Waals surface area contributed by atoms with Gasteiger partial charge in [0.1, 0.15) is 18.0 Å². The highest BCUT2D eigenvalue weighted by atomic mass is 16.8. The van der Waals surface area contributed by atoms with Crippen molar-refractivity contribution in [2.75, 3.05) is 18.9 Å². The largest absolute Gasteiger partial charge is 0.398 e. The van der Waals surface area contributed by atoms with Gasteiger partial charge >= 0.3 is 6.03 Å². The predicted octanol–water partition coefficient (Wildman–Crippen LogP) is 6.85. The van der Waals surface area contributed by atoms with Crippen LogP contribution in [0.15, 0.2) is 109 Å². The number of hydrogen-bond acceptors (Lipinski definition) is 6. The minimum atomic E-state index is -0.840. The van der Waals surface area contributed by atoms with Gasteiger partial charge in [0, 0.05) is 36.9 Å². The van der Waals surface area contributed by atoms with E-state index in [4.69, 9.17) is 31.1 Å². The zero-order valence-electron chi connectivity index (χ0n) is 29.5. The van der Waals surface area contributed by atoms with Crippen molar-refractivity contribution in [1.29, 1.82) is 5.41 Å². The van der Waals surface area contributed by atoms with E-state index in [-0.39, 0.29) is 29.9 Å². The lowest BCUT2D eigenvalue weighted by atomic mass is 9.90. The van der Waals surface area contributed by atoms with Crippen LogP contribution in [0.1, 0.15) is 66.8 Å². The summed E-state index contributed by atoms with van der Waals surface area (Å²) in [7, 11) is 0. The first-order chi connectivity index (χ1) is 24.7. The van der Waals surface area contributed by atoms with E-state index in [9.17, 15) is 0 Å². The zero-order valence-corrected chi connectivity index (χ0v) is 29.5. The molecule has 2 aliphatic heterocycles. The van der Waals surface area contributed by atoms with Gasteiger partial charge in [0.25, 0.3) is 0 Å². The Morgan fingerprint density at radius 3 is 2.24 bits per heavy atom. The number of carbonyl (C=O) groups is 1. The van der Waals surface area contributed by atoms with E-state index in [0.29, 0.717) is 44.0 Å². The van der Waals surface area contributed by atoms with Crippen molar-refractivity contribution >= 4 is 17.6 Å². The van der Waals surface area contributed by atoms with Gasteiger partial charge in [-0.3, -0.25) is 5.41 Å². The molecule has 2 heterocycles. The second-order valence-electron chi connectivity index (χ2n) is 14.6. The number of amides is 2. The topological polar surface area (TPSA) is 127 Å². The molecule has 7 rings (SSSR count). The number of benzene rings is 4. The van der Waals surface area contributed by atoms with E-state index >= 15 is 4.79 Å².